The van der Waals surface area contributed by atoms with Gasteiger partial charge in [0.25, 0.3) is 0 Å². The van der Waals surface area contributed by atoms with Gasteiger partial charge in [-0.25, -0.2) is 0 Å². The normalized spacial score (nSPS) is 32.0. The van der Waals surface area contributed by atoms with E-state index in [1.165, 1.54) is 0 Å². The monoisotopic (exact) mass is 129 g/mol. The molecule has 0 radical (unpaired) electrons. The van der Waals surface area contributed by atoms with Crippen LogP contribution in [0.3, 0.4) is 0 Å². The van der Waals surface area contributed by atoms with Gasteiger partial charge in [0.15, 0.2) is 0 Å². The number of nitrogens with one attached hydrogen (secondary N) is 1. The highest BCUT2D eigenvalue weighted by molar-refractivity contribution is 4.91. The van der Waals surface area contributed by atoms with E-state index in [0.29, 0.717) is 0 Å². The molecule has 2 rings (SSSR count). The van der Waals surface area contributed by atoms with Gasteiger partial charge in [0, 0.05) is 13.1 Å². The van der Waals surface area contributed by atoms with Gasteiger partial charge in [-0.1, -0.05) is 0 Å². The van der Waals surface area contributed by atoms with Gasteiger partial charge >= 0.3 is 0 Å². The molecule has 52 valence electrons. The van der Waals surface area contributed by atoms with E-state index in [-0.39, 0.29) is 5.60 Å². The zero-order valence-electron chi connectivity index (χ0n) is 5.35. The van der Waals surface area contributed by atoms with Crippen LogP contribution in [0.4, 0.5) is 0 Å². The summed E-state index contributed by atoms with van der Waals surface area (Å²) in [4.78, 5) is 0. The van der Waals surface area contributed by atoms with Crippen LogP contribution in [0.25, 0.3) is 0 Å². The van der Waals surface area contributed by atoms with E-state index in [1.807, 2.05) is 0 Å². The van der Waals surface area contributed by atoms with Crippen molar-refractivity contribution >= 4 is 0 Å². The van der Waals surface area contributed by atoms with Gasteiger partial charge in [-0.05, 0) is 0 Å². The zero-order chi connectivity index (χ0) is 6.16. The molecular weight excluding hydrogens is 118 g/mol. The lowest BCUT2D eigenvalue weighted by molar-refractivity contribution is -0.217. The van der Waals surface area contributed by atoms with E-state index in [9.17, 15) is 0 Å². The number of rotatable bonds is 0. The molecule has 9 heavy (non-hydrogen) atoms. The molecule has 0 aliphatic carbocycles. The number of hydrogen-bond acceptors (Lipinski definition) is 3. The number of hydrogen-bond donors (Lipinski definition) is 1. The molecule has 0 atom stereocenters. The minimum Gasteiger partial charge on any atom is -0.375 e. The van der Waals surface area contributed by atoms with Crippen molar-refractivity contribution in [2.45, 2.75) is 5.60 Å². The molecule has 0 aromatic carbocycles. The highest BCUT2D eigenvalue weighted by Gasteiger charge is 2.40. The Balaban J connectivity index is 1.93. The SMILES string of the molecule is C1COC2(CN1)COC2. The second kappa shape index (κ2) is 1.94. The molecular formula is C6H11NO2. The maximum Gasteiger partial charge on any atom is 0.127 e. The first kappa shape index (κ1) is 5.65. The second-order valence-corrected chi connectivity index (χ2v) is 2.70. The summed E-state index contributed by atoms with van der Waals surface area (Å²) in [7, 11) is 0. The quantitative estimate of drug-likeness (QED) is 0.472. The number of ether oxygens (including phenoxy) is 2. The minimum absolute atomic E-state index is 0.0677. The van der Waals surface area contributed by atoms with Gasteiger partial charge in [0.2, 0.25) is 0 Å². The van der Waals surface area contributed by atoms with Gasteiger partial charge in [0.05, 0.1) is 19.8 Å². The third-order valence-corrected chi connectivity index (χ3v) is 1.86. The van der Waals surface area contributed by atoms with Crippen molar-refractivity contribution in [3.05, 3.63) is 0 Å². The summed E-state index contributed by atoms with van der Waals surface area (Å²) in [6, 6.07) is 0. The molecule has 2 fully saturated rings. The fraction of sp³-hybridized carbons (Fsp3) is 1.00. The van der Waals surface area contributed by atoms with Gasteiger partial charge in [0.1, 0.15) is 5.60 Å². The topological polar surface area (TPSA) is 30.5 Å². The van der Waals surface area contributed by atoms with Crippen LogP contribution in [0.5, 0.6) is 0 Å². The third kappa shape index (κ3) is 0.852. The van der Waals surface area contributed by atoms with Crippen molar-refractivity contribution in [2.24, 2.45) is 0 Å². The Hall–Kier alpha value is -0.120. The molecule has 2 aliphatic heterocycles. The average Bonchev–Trinajstić information content (AvgIpc) is 1.87. The molecule has 3 nitrogen and oxygen atoms in total. The van der Waals surface area contributed by atoms with Crippen LogP contribution in [0, 0.1) is 0 Å². The maximum absolute atomic E-state index is 5.51. The molecule has 0 saturated carbocycles. The van der Waals surface area contributed by atoms with Crippen LogP contribution in [-0.4, -0.2) is 38.5 Å². The van der Waals surface area contributed by atoms with Crippen molar-refractivity contribution in [1.82, 2.24) is 5.32 Å². The molecule has 0 amide bonds. The molecule has 2 aliphatic rings. The lowest BCUT2D eigenvalue weighted by Gasteiger charge is -2.43. The zero-order valence-corrected chi connectivity index (χ0v) is 5.35. The second-order valence-electron chi connectivity index (χ2n) is 2.70. The van der Waals surface area contributed by atoms with E-state index >= 15 is 0 Å². The highest BCUT2D eigenvalue weighted by Crippen LogP contribution is 2.22. The summed E-state index contributed by atoms with van der Waals surface area (Å²) >= 11 is 0. The Morgan fingerprint density at radius 3 is 2.56 bits per heavy atom. The first-order chi connectivity index (χ1) is 4.41. The van der Waals surface area contributed by atoms with Gasteiger partial charge in [-0.3, -0.25) is 0 Å². The predicted molar refractivity (Wildman–Crippen MR) is 32.4 cm³/mol. The van der Waals surface area contributed by atoms with Gasteiger partial charge in [-0.2, -0.15) is 0 Å². The van der Waals surface area contributed by atoms with E-state index in [4.69, 9.17) is 9.47 Å². The summed E-state index contributed by atoms with van der Waals surface area (Å²) in [6.07, 6.45) is 0. The summed E-state index contributed by atoms with van der Waals surface area (Å²) < 4.78 is 10.6. The highest BCUT2D eigenvalue weighted by atomic mass is 16.6. The van der Waals surface area contributed by atoms with Crippen LogP contribution in [-0.2, 0) is 9.47 Å². The van der Waals surface area contributed by atoms with E-state index < -0.39 is 0 Å². The molecule has 1 spiro atoms. The first-order valence-corrected chi connectivity index (χ1v) is 3.34. The molecule has 0 bridgehead atoms. The molecule has 0 aromatic heterocycles. The average molecular weight is 129 g/mol. The third-order valence-electron chi connectivity index (χ3n) is 1.86. The molecule has 2 saturated heterocycles. The Labute approximate surface area is 54.3 Å². The van der Waals surface area contributed by atoms with Crippen LogP contribution in [0.15, 0.2) is 0 Å². The fourth-order valence-electron chi connectivity index (χ4n) is 1.22. The molecule has 3 heteroatoms. The summed E-state index contributed by atoms with van der Waals surface area (Å²) in [5.41, 5.74) is 0.0677. The Morgan fingerprint density at radius 2 is 2.22 bits per heavy atom. The van der Waals surface area contributed by atoms with E-state index in [1.54, 1.807) is 0 Å². The standard InChI is InChI=1S/C6H11NO2/c1-2-9-6(3-7-1)4-8-5-6/h7H,1-5H2. The van der Waals surface area contributed by atoms with Crippen molar-refractivity contribution in [2.75, 3.05) is 32.9 Å². The van der Waals surface area contributed by atoms with E-state index in [0.717, 1.165) is 32.9 Å². The van der Waals surface area contributed by atoms with E-state index in [2.05, 4.69) is 5.32 Å². The summed E-state index contributed by atoms with van der Waals surface area (Å²) in [5, 5.41) is 3.27. The molecule has 2 heterocycles. The lowest BCUT2D eigenvalue weighted by Crippen LogP contribution is -2.61. The van der Waals surface area contributed by atoms with Crippen LogP contribution >= 0.6 is 0 Å². The maximum atomic E-state index is 5.51. The van der Waals surface area contributed by atoms with Crippen molar-refractivity contribution in [3.8, 4) is 0 Å². The Bertz CT molecular complexity index is 104. The molecule has 1 N–H and O–H groups in total. The first-order valence-electron chi connectivity index (χ1n) is 3.34. The van der Waals surface area contributed by atoms with Crippen LogP contribution in [0.1, 0.15) is 0 Å². The lowest BCUT2D eigenvalue weighted by atomic mass is 10.0. The summed E-state index contributed by atoms with van der Waals surface area (Å²) in [6.45, 7) is 4.35. The van der Waals surface area contributed by atoms with Crippen LogP contribution < -0.4 is 5.32 Å². The molecule has 0 aromatic rings. The Kier molecular flexibility index (Phi) is 1.22. The summed E-state index contributed by atoms with van der Waals surface area (Å²) in [5.74, 6) is 0. The number of morpholine rings is 1. The van der Waals surface area contributed by atoms with Crippen molar-refractivity contribution < 1.29 is 9.47 Å². The van der Waals surface area contributed by atoms with Gasteiger partial charge in [-0.15, -0.1) is 0 Å². The molecule has 0 unspecified atom stereocenters. The Morgan fingerprint density at radius 1 is 1.33 bits per heavy atom. The van der Waals surface area contributed by atoms with Crippen LogP contribution in [0.2, 0.25) is 0 Å². The smallest absolute Gasteiger partial charge is 0.127 e. The van der Waals surface area contributed by atoms with Crippen molar-refractivity contribution in [1.29, 1.82) is 0 Å². The fourth-order valence-corrected chi connectivity index (χ4v) is 1.22. The van der Waals surface area contributed by atoms with Gasteiger partial charge < -0.3 is 14.8 Å². The largest absolute Gasteiger partial charge is 0.375 e. The van der Waals surface area contributed by atoms with Crippen molar-refractivity contribution in [3.63, 3.8) is 0 Å². The predicted octanol–water partition coefficient (Wildman–Crippen LogP) is -0.625. The minimum atomic E-state index is 0.0677.